The van der Waals surface area contributed by atoms with Gasteiger partial charge in [0.1, 0.15) is 0 Å². The van der Waals surface area contributed by atoms with E-state index in [9.17, 15) is 5.11 Å². The lowest BCUT2D eigenvalue weighted by molar-refractivity contribution is 0.0359. The minimum absolute atomic E-state index is 0. The Morgan fingerprint density at radius 3 is 1.82 bits per heavy atom. The highest BCUT2D eigenvalue weighted by molar-refractivity contribution is 5.85. The van der Waals surface area contributed by atoms with Crippen LogP contribution < -0.4 is 0 Å². The van der Waals surface area contributed by atoms with Gasteiger partial charge in [0.2, 0.25) is 0 Å². The number of likely N-dealkylation sites (tertiary alicyclic amines) is 1. The highest BCUT2D eigenvalue weighted by Crippen LogP contribution is 2.33. The van der Waals surface area contributed by atoms with Gasteiger partial charge in [-0.15, -0.1) is 24.8 Å². The van der Waals surface area contributed by atoms with Gasteiger partial charge in [-0.05, 0) is 92.3 Å². The molecule has 2 heterocycles. The molecule has 0 aliphatic carbocycles. The molecule has 38 heavy (non-hydrogen) atoms. The molecule has 5 heteroatoms. The molecule has 0 saturated carbocycles. The van der Waals surface area contributed by atoms with Crippen molar-refractivity contribution in [1.29, 1.82) is 0 Å². The third-order valence-corrected chi connectivity index (χ3v) is 8.47. The van der Waals surface area contributed by atoms with Gasteiger partial charge in [0, 0.05) is 26.2 Å². The third kappa shape index (κ3) is 8.31. The van der Waals surface area contributed by atoms with E-state index < -0.39 is 5.60 Å². The van der Waals surface area contributed by atoms with E-state index in [4.69, 9.17) is 0 Å². The van der Waals surface area contributed by atoms with E-state index >= 15 is 0 Å². The first-order chi connectivity index (χ1) is 17.5. The summed E-state index contributed by atoms with van der Waals surface area (Å²) in [5.74, 6) is 0.718. The summed E-state index contributed by atoms with van der Waals surface area (Å²) in [6.07, 6.45) is 6.58. The molecule has 1 fully saturated rings. The molecular formula is C33H44Cl2N2O. The van der Waals surface area contributed by atoms with Crippen molar-refractivity contribution in [2.75, 3.05) is 26.2 Å². The summed E-state index contributed by atoms with van der Waals surface area (Å²) in [6.45, 7) is 8.61. The van der Waals surface area contributed by atoms with E-state index in [0.29, 0.717) is 0 Å². The molecule has 5 rings (SSSR count). The second-order valence-corrected chi connectivity index (χ2v) is 11.3. The molecule has 206 valence electrons. The molecule has 0 bridgehead atoms. The number of hydrogen-bond acceptors (Lipinski definition) is 3. The summed E-state index contributed by atoms with van der Waals surface area (Å²) in [4.78, 5) is 5.15. The van der Waals surface area contributed by atoms with E-state index in [2.05, 4.69) is 88.7 Å². The highest BCUT2D eigenvalue weighted by atomic mass is 35.5. The Hall–Kier alpha value is -1.88. The Kier molecular flexibility index (Phi) is 11.7. The van der Waals surface area contributed by atoms with E-state index in [1.807, 2.05) is 6.92 Å². The van der Waals surface area contributed by atoms with Gasteiger partial charge in [0.05, 0.1) is 5.60 Å². The minimum atomic E-state index is -0.758. The molecule has 1 unspecified atom stereocenters. The average molecular weight is 556 g/mol. The second kappa shape index (κ2) is 14.5. The van der Waals surface area contributed by atoms with Gasteiger partial charge in [-0.25, -0.2) is 0 Å². The van der Waals surface area contributed by atoms with Crippen molar-refractivity contribution in [1.82, 2.24) is 9.80 Å². The molecule has 0 amide bonds. The van der Waals surface area contributed by atoms with Crippen LogP contribution in [0.15, 0.2) is 78.9 Å². The zero-order valence-corrected chi connectivity index (χ0v) is 24.4. The first kappa shape index (κ1) is 30.7. The molecule has 0 radical (unpaired) electrons. The lowest BCUT2D eigenvalue weighted by Crippen LogP contribution is -2.34. The Bertz CT molecular complexity index is 1100. The monoisotopic (exact) mass is 554 g/mol. The van der Waals surface area contributed by atoms with Crippen LogP contribution in [0.1, 0.15) is 60.4 Å². The molecule has 3 nitrogen and oxygen atoms in total. The third-order valence-electron chi connectivity index (χ3n) is 8.47. The van der Waals surface area contributed by atoms with Crippen LogP contribution in [0.3, 0.4) is 0 Å². The maximum absolute atomic E-state index is 11.5. The van der Waals surface area contributed by atoms with Gasteiger partial charge < -0.3 is 5.11 Å². The zero-order chi connectivity index (χ0) is 24.8. The summed E-state index contributed by atoms with van der Waals surface area (Å²) in [6, 6.07) is 28.4. The molecule has 1 atom stereocenters. The van der Waals surface area contributed by atoms with Gasteiger partial charge in [0.15, 0.2) is 0 Å². The minimum Gasteiger partial charge on any atom is -0.385 e. The molecule has 0 aromatic heterocycles. The summed E-state index contributed by atoms with van der Waals surface area (Å²) in [7, 11) is 0. The number of nitrogens with zero attached hydrogens (tertiary/aromatic N) is 2. The molecule has 2 aliphatic heterocycles. The summed E-state index contributed by atoms with van der Waals surface area (Å²) in [5, 5.41) is 11.5. The first-order valence-electron chi connectivity index (χ1n) is 13.9. The number of piperidine rings is 1. The van der Waals surface area contributed by atoms with Crippen LogP contribution >= 0.6 is 24.8 Å². The number of halogens is 2. The molecule has 3 aromatic rings. The lowest BCUT2D eigenvalue weighted by atomic mass is 9.83. The molecule has 1 N–H and O–H groups in total. The Labute approximate surface area is 242 Å². The van der Waals surface area contributed by atoms with Gasteiger partial charge in [-0.3, -0.25) is 9.80 Å². The Morgan fingerprint density at radius 2 is 1.24 bits per heavy atom. The highest BCUT2D eigenvalue weighted by Gasteiger charge is 2.27. The van der Waals surface area contributed by atoms with Gasteiger partial charge in [-0.1, -0.05) is 78.9 Å². The summed E-state index contributed by atoms with van der Waals surface area (Å²) >= 11 is 0. The Morgan fingerprint density at radius 1 is 0.711 bits per heavy atom. The topological polar surface area (TPSA) is 26.7 Å². The fourth-order valence-corrected chi connectivity index (χ4v) is 6.01. The van der Waals surface area contributed by atoms with Crippen LogP contribution in [-0.2, 0) is 31.5 Å². The van der Waals surface area contributed by atoms with Crippen molar-refractivity contribution in [3.63, 3.8) is 0 Å². The van der Waals surface area contributed by atoms with Crippen LogP contribution in [0.5, 0.6) is 0 Å². The largest absolute Gasteiger partial charge is 0.385 e. The van der Waals surface area contributed by atoms with E-state index in [1.165, 1.54) is 48.2 Å². The number of fused-ring (bicyclic) bond motifs is 1. The number of hydrogen-bond donors (Lipinski definition) is 1. The smallest absolute Gasteiger partial charge is 0.0868 e. The van der Waals surface area contributed by atoms with Crippen molar-refractivity contribution in [2.45, 2.75) is 64.1 Å². The SMILES string of the molecule is CC(O)(CCC1CCN(Cc2ccccc2)CC1)c1ccc2c(c1)CCN(Cc1ccccc1)CC2.Cl.Cl. The molecular weight excluding hydrogens is 511 g/mol. The zero-order valence-electron chi connectivity index (χ0n) is 22.7. The fraction of sp³-hybridized carbons (Fsp3) is 0.455. The standard InChI is InChI=1S/C33H42N2O.2ClH/c1-33(36,19-14-27-15-20-34(21-16-27)25-28-8-4-2-5-9-28)32-13-12-30-17-22-35(23-18-31(30)24-32)26-29-10-6-3-7-11-29;;/h2-13,24,27,36H,14-23,25-26H2,1H3;2*1H. The average Bonchev–Trinajstić information content (AvgIpc) is 3.11. The van der Waals surface area contributed by atoms with Crippen molar-refractivity contribution in [3.8, 4) is 0 Å². The van der Waals surface area contributed by atoms with Crippen LogP contribution in [-0.4, -0.2) is 41.1 Å². The van der Waals surface area contributed by atoms with Crippen molar-refractivity contribution >= 4 is 24.8 Å². The van der Waals surface area contributed by atoms with E-state index in [0.717, 1.165) is 63.3 Å². The van der Waals surface area contributed by atoms with Crippen LogP contribution in [0, 0.1) is 5.92 Å². The number of aliphatic hydroxyl groups is 1. The molecule has 0 spiro atoms. The van der Waals surface area contributed by atoms with Crippen molar-refractivity contribution in [3.05, 3.63) is 107 Å². The van der Waals surface area contributed by atoms with Gasteiger partial charge in [0.25, 0.3) is 0 Å². The quantitative estimate of drug-likeness (QED) is 0.323. The maximum Gasteiger partial charge on any atom is 0.0868 e. The number of rotatable bonds is 8. The predicted molar refractivity (Wildman–Crippen MR) is 163 cm³/mol. The second-order valence-electron chi connectivity index (χ2n) is 11.3. The van der Waals surface area contributed by atoms with Crippen molar-refractivity contribution in [2.24, 2.45) is 5.92 Å². The van der Waals surface area contributed by atoms with Crippen LogP contribution in [0.25, 0.3) is 0 Å². The van der Waals surface area contributed by atoms with Gasteiger partial charge >= 0.3 is 0 Å². The predicted octanol–water partition coefficient (Wildman–Crippen LogP) is 7.03. The summed E-state index contributed by atoms with van der Waals surface area (Å²) in [5.41, 5.74) is 6.02. The van der Waals surface area contributed by atoms with Crippen molar-refractivity contribution < 1.29 is 5.11 Å². The number of benzene rings is 3. The molecule has 3 aromatic carbocycles. The normalized spacial score (nSPS) is 18.4. The van der Waals surface area contributed by atoms with Crippen LogP contribution in [0.4, 0.5) is 0 Å². The molecule has 1 saturated heterocycles. The maximum atomic E-state index is 11.5. The summed E-state index contributed by atoms with van der Waals surface area (Å²) < 4.78 is 0. The van der Waals surface area contributed by atoms with Gasteiger partial charge in [-0.2, -0.15) is 0 Å². The molecule has 2 aliphatic rings. The fourth-order valence-electron chi connectivity index (χ4n) is 6.01. The van der Waals surface area contributed by atoms with Crippen LogP contribution in [0.2, 0.25) is 0 Å². The first-order valence-corrected chi connectivity index (χ1v) is 13.9. The van der Waals surface area contributed by atoms with E-state index in [1.54, 1.807) is 0 Å². The lowest BCUT2D eigenvalue weighted by Gasteiger charge is -2.34. The van der Waals surface area contributed by atoms with E-state index in [-0.39, 0.29) is 24.8 Å². The Balaban J connectivity index is 0.00000200.